The lowest BCUT2D eigenvalue weighted by molar-refractivity contribution is -0.137. The fourth-order valence-electron chi connectivity index (χ4n) is 3.21. The van der Waals surface area contributed by atoms with E-state index in [1.165, 1.54) is 25.3 Å². The molecule has 2 aromatic heterocycles. The highest BCUT2D eigenvalue weighted by Gasteiger charge is 2.32. The number of halogens is 3. The predicted molar refractivity (Wildman–Crippen MR) is 101 cm³/mol. The molecule has 1 fully saturated rings. The summed E-state index contributed by atoms with van der Waals surface area (Å²) in [6, 6.07) is 3.91. The molecule has 2 N–H and O–H groups in total. The van der Waals surface area contributed by atoms with Crippen molar-refractivity contribution in [1.82, 2.24) is 15.3 Å². The van der Waals surface area contributed by atoms with Gasteiger partial charge in [0.2, 0.25) is 5.91 Å². The maximum absolute atomic E-state index is 12.8. The number of amides is 2. The molecule has 0 aromatic carbocycles. The normalized spacial score (nSPS) is 16.6. The predicted octanol–water partition coefficient (Wildman–Crippen LogP) is 2.77. The molecule has 154 valence electrons. The van der Waals surface area contributed by atoms with Crippen molar-refractivity contribution in [3.05, 3.63) is 47.3 Å². The first-order chi connectivity index (χ1) is 13.6. The van der Waals surface area contributed by atoms with Gasteiger partial charge in [0.25, 0.3) is 5.91 Å². The van der Waals surface area contributed by atoms with Gasteiger partial charge in [0.15, 0.2) is 0 Å². The van der Waals surface area contributed by atoms with Gasteiger partial charge in [-0.25, -0.2) is 9.97 Å². The van der Waals surface area contributed by atoms with Gasteiger partial charge in [0.05, 0.1) is 5.56 Å². The summed E-state index contributed by atoms with van der Waals surface area (Å²) in [6.07, 6.45) is -1.54. The molecular weight excluding hydrogens is 387 g/mol. The van der Waals surface area contributed by atoms with Crippen LogP contribution in [-0.2, 0) is 11.0 Å². The fourth-order valence-corrected chi connectivity index (χ4v) is 3.21. The van der Waals surface area contributed by atoms with Gasteiger partial charge in [-0.2, -0.15) is 13.2 Å². The Morgan fingerprint density at radius 2 is 2.00 bits per heavy atom. The van der Waals surface area contributed by atoms with E-state index >= 15 is 0 Å². The van der Waals surface area contributed by atoms with E-state index in [0.29, 0.717) is 36.5 Å². The van der Waals surface area contributed by atoms with Crippen molar-refractivity contribution in [2.45, 2.75) is 32.5 Å². The zero-order valence-corrected chi connectivity index (χ0v) is 15.9. The third-order valence-corrected chi connectivity index (χ3v) is 4.53. The van der Waals surface area contributed by atoms with Crippen LogP contribution >= 0.6 is 0 Å². The van der Waals surface area contributed by atoms with Crippen LogP contribution in [0.1, 0.15) is 34.8 Å². The van der Waals surface area contributed by atoms with E-state index in [1.807, 2.05) is 4.90 Å². The van der Waals surface area contributed by atoms with Gasteiger partial charge in [0, 0.05) is 44.0 Å². The minimum Gasteiger partial charge on any atom is -0.354 e. The van der Waals surface area contributed by atoms with Crippen molar-refractivity contribution in [2.24, 2.45) is 0 Å². The largest absolute Gasteiger partial charge is 0.417 e. The second kappa shape index (κ2) is 8.06. The second-order valence-corrected chi connectivity index (χ2v) is 6.88. The Kier molecular flexibility index (Phi) is 5.71. The molecule has 2 amide bonds. The number of alkyl halides is 3. The minimum absolute atomic E-state index is 0.177. The number of nitrogens with zero attached hydrogens (tertiary/aromatic N) is 3. The number of carbonyl (C=O) groups excluding carboxylic acids is 2. The van der Waals surface area contributed by atoms with E-state index in [9.17, 15) is 22.8 Å². The summed E-state index contributed by atoms with van der Waals surface area (Å²) in [6.45, 7) is 3.94. The Labute approximate surface area is 165 Å². The van der Waals surface area contributed by atoms with Crippen molar-refractivity contribution in [1.29, 1.82) is 0 Å². The van der Waals surface area contributed by atoms with Crippen molar-refractivity contribution in [3.8, 4) is 0 Å². The molecule has 0 saturated carbocycles. The van der Waals surface area contributed by atoms with Gasteiger partial charge in [-0.15, -0.1) is 0 Å². The Hall–Kier alpha value is -3.17. The first-order valence-corrected chi connectivity index (χ1v) is 8.97. The topological polar surface area (TPSA) is 87.2 Å². The molecule has 0 radical (unpaired) electrons. The summed E-state index contributed by atoms with van der Waals surface area (Å²) in [4.78, 5) is 33.4. The first kappa shape index (κ1) is 20.6. The Morgan fingerprint density at radius 1 is 1.24 bits per heavy atom. The highest BCUT2D eigenvalue weighted by Crippen LogP contribution is 2.32. The average molecular weight is 407 g/mol. The molecule has 0 aliphatic carbocycles. The quantitative estimate of drug-likeness (QED) is 0.814. The molecule has 0 unspecified atom stereocenters. The van der Waals surface area contributed by atoms with Crippen LogP contribution in [0.5, 0.6) is 0 Å². The molecule has 1 aliphatic heterocycles. The second-order valence-electron chi connectivity index (χ2n) is 6.88. The Balaban J connectivity index is 1.64. The van der Waals surface area contributed by atoms with Crippen LogP contribution in [-0.4, -0.2) is 40.9 Å². The van der Waals surface area contributed by atoms with Crippen LogP contribution in [0.2, 0.25) is 0 Å². The van der Waals surface area contributed by atoms with Gasteiger partial charge in [0.1, 0.15) is 11.6 Å². The van der Waals surface area contributed by atoms with Crippen molar-refractivity contribution in [3.63, 3.8) is 0 Å². The monoisotopic (exact) mass is 407 g/mol. The third-order valence-electron chi connectivity index (χ3n) is 4.53. The van der Waals surface area contributed by atoms with Crippen LogP contribution in [0.15, 0.2) is 30.6 Å². The van der Waals surface area contributed by atoms with Crippen molar-refractivity contribution in [2.75, 3.05) is 23.3 Å². The number of rotatable bonds is 4. The van der Waals surface area contributed by atoms with Crippen LogP contribution in [0.25, 0.3) is 0 Å². The number of carbonyl (C=O) groups is 2. The Bertz CT molecular complexity index is 932. The molecule has 0 bridgehead atoms. The minimum atomic E-state index is -4.43. The summed E-state index contributed by atoms with van der Waals surface area (Å²) in [5.41, 5.74) is 0.00220. The molecule has 29 heavy (non-hydrogen) atoms. The number of anilines is 2. The standard InChI is InChI=1S/C19H20F3N5O2/c1-11-7-14(19(20,21)22)9-24-17(11)27-6-4-15(10-27)26-18(29)13-3-5-23-16(8-13)25-12(2)28/h3,5,7-9,15H,4,6,10H2,1-2H3,(H,26,29)(H,23,25,28)/t15-/m1/s1. The summed E-state index contributed by atoms with van der Waals surface area (Å²) in [5.74, 6) is 0.151. The van der Waals surface area contributed by atoms with Crippen LogP contribution in [0.3, 0.4) is 0 Å². The van der Waals surface area contributed by atoms with E-state index in [0.717, 1.165) is 12.3 Å². The molecular formula is C19H20F3N5O2. The number of aryl methyl sites for hydroxylation is 1. The zero-order chi connectivity index (χ0) is 21.2. The number of hydrogen-bond acceptors (Lipinski definition) is 5. The molecule has 7 nitrogen and oxygen atoms in total. The molecule has 3 rings (SSSR count). The first-order valence-electron chi connectivity index (χ1n) is 8.97. The lowest BCUT2D eigenvalue weighted by atomic mass is 10.2. The molecule has 2 aromatic rings. The van der Waals surface area contributed by atoms with Gasteiger partial charge >= 0.3 is 6.18 Å². The van der Waals surface area contributed by atoms with Gasteiger partial charge in [-0.3, -0.25) is 9.59 Å². The van der Waals surface area contributed by atoms with E-state index < -0.39 is 11.7 Å². The number of hydrogen-bond donors (Lipinski definition) is 2. The maximum atomic E-state index is 12.8. The van der Waals surface area contributed by atoms with Gasteiger partial charge < -0.3 is 15.5 Å². The highest BCUT2D eigenvalue weighted by molar-refractivity contribution is 5.96. The number of aromatic nitrogens is 2. The smallest absolute Gasteiger partial charge is 0.354 e. The molecule has 3 heterocycles. The van der Waals surface area contributed by atoms with Gasteiger partial charge in [-0.1, -0.05) is 0 Å². The summed E-state index contributed by atoms with van der Waals surface area (Å²) in [5, 5.41) is 5.42. The Morgan fingerprint density at radius 3 is 2.66 bits per heavy atom. The SMILES string of the molecule is CC(=O)Nc1cc(C(=O)N[C@@H]2CCN(c3ncc(C(F)(F)F)cc3C)C2)ccn1. The fraction of sp³-hybridized carbons (Fsp3) is 0.368. The van der Waals surface area contributed by atoms with E-state index in [-0.39, 0.29) is 23.7 Å². The summed E-state index contributed by atoms with van der Waals surface area (Å²) < 4.78 is 38.4. The van der Waals surface area contributed by atoms with Crippen LogP contribution in [0, 0.1) is 6.92 Å². The molecule has 10 heteroatoms. The van der Waals surface area contributed by atoms with Crippen LogP contribution < -0.4 is 15.5 Å². The highest BCUT2D eigenvalue weighted by atomic mass is 19.4. The maximum Gasteiger partial charge on any atom is 0.417 e. The molecule has 1 saturated heterocycles. The number of pyridine rings is 2. The third kappa shape index (κ3) is 5.01. The lowest BCUT2D eigenvalue weighted by Crippen LogP contribution is -2.37. The van der Waals surface area contributed by atoms with E-state index in [4.69, 9.17) is 0 Å². The van der Waals surface area contributed by atoms with E-state index in [2.05, 4.69) is 20.6 Å². The molecule has 0 spiro atoms. The van der Waals surface area contributed by atoms with Crippen molar-refractivity contribution >= 4 is 23.5 Å². The molecule has 1 aliphatic rings. The van der Waals surface area contributed by atoms with Crippen molar-refractivity contribution < 1.29 is 22.8 Å². The molecule has 1 atom stereocenters. The summed E-state index contributed by atoms with van der Waals surface area (Å²) >= 11 is 0. The lowest BCUT2D eigenvalue weighted by Gasteiger charge is -2.21. The summed E-state index contributed by atoms with van der Waals surface area (Å²) in [7, 11) is 0. The number of nitrogens with one attached hydrogen (secondary N) is 2. The van der Waals surface area contributed by atoms with Gasteiger partial charge in [-0.05, 0) is 37.1 Å². The average Bonchev–Trinajstić information content (AvgIpc) is 3.08. The van der Waals surface area contributed by atoms with E-state index in [1.54, 1.807) is 6.92 Å². The van der Waals surface area contributed by atoms with Crippen LogP contribution in [0.4, 0.5) is 24.8 Å². The zero-order valence-electron chi connectivity index (χ0n) is 15.9.